The molecule has 1 saturated heterocycles. The molecule has 34 heavy (non-hydrogen) atoms. The zero-order valence-electron chi connectivity index (χ0n) is 18.8. The third kappa shape index (κ3) is 5.81. The molecular formula is C25H27ClN4O3S. The minimum absolute atomic E-state index is 0.0858. The van der Waals surface area contributed by atoms with E-state index in [0.717, 1.165) is 37.9 Å². The van der Waals surface area contributed by atoms with Gasteiger partial charge >= 0.3 is 6.03 Å². The largest absolute Gasteiger partial charge is 0.370 e. The minimum Gasteiger partial charge on any atom is -0.370 e. The van der Waals surface area contributed by atoms with Crippen LogP contribution < -0.4 is 20.3 Å². The number of carbonyl (C=O) groups excluding carboxylic acids is 1. The van der Waals surface area contributed by atoms with Crippen LogP contribution in [0.2, 0.25) is 5.02 Å². The molecule has 0 bridgehead atoms. The monoisotopic (exact) mass is 498 g/mol. The van der Waals surface area contributed by atoms with Gasteiger partial charge in [0.15, 0.2) is 0 Å². The van der Waals surface area contributed by atoms with Crippen molar-refractivity contribution in [1.29, 1.82) is 0 Å². The van der Waals surface area contributed by atoms with Gasteiger partial charge in [0, 0.05) is 24.5 Å². The zero-order chi connectivity index (χ0) is 24.1. The van der Waals surface area contributed by atoms with Crippen molar-refractivity contribution >= 4 is 50.4 Å². The van der Waals surface area contributed by atoms with Gasteiger partial charge < -0.3 is 15.5 Å². The van der Waals surface area contributed by atoms with Crippen LogP contribution in [0, 0.1) is 6.92 Å². The van der Waals surface area contributed by atoms with Crippen LogP contribution in [0.3, 0.4) is 0 Å². The van der Waals surface area contributed by atoms with E-state index in [2.05, 4.69) is 20.3 Å². The second-order valence-corrected chi connectivity index (χ2v) is 10.3. The molecule has 0 unspecified atom stereocenters. The molecule has 9 heteroatoms. The van der Waals surface area contributed by atoms with Gasteiger partial charge in [-0.3, -0.25) is 4.72 Å². The van der Waals surface area contributed by atoms with Gasteiger partial charge in [-0.05, 0) is 74.2 Å². The fraction of sp³-hybridized carbons (Fsp3) is 0.240. The van der Waals surface area contributed by atoms with Crippen LogP contribution >= 0.6 is 11.6 Å². The molecule has 0 aliphatic carbocycles. The molecule has 0 aromatic heterocycles. The lowest BCUT2D eigenvalue weighted by molar-refractivity contribution is 0.262. The lowest BCUT2D eigenvalue weighted by atomic mass is 10.1. The van der Waals surface area contributed by atoms with Crippen molar-refractivity contribution in [2.45, 2.75) is 31.1 Å². The first-order valence-corrected chi connectivity index (χ1v) is 13.0. The second kappa shape index (κ2) is 10.4. The van der Waals surface area contributed by atoms with Gasteiger partial charge in [-0.1, -0.05) is 35.9 Å². The maximum atomic E-state index is 13.5. The highest BCUT2D eigenvalue weighted by atomic mass is 35.5. The Morgan fingerprint density at radius 2 is 1.59 bits per heavy atom. The number of benzene rings is 3. The number of para-hydroxylation sites is 1. The Morgan fingerprint density at radius 3 is 2.29 bits per heavy atom. The highest BCUT2D eigenvalue weighted by Gasteiger charge is 2.25. The fourth-order valence-corrected chi connectivity index (χ4v) is 5.53. The van der Waals surface area contributed by atoms with E-state index in [-0.39, 0.29) is 4.90 Å². The van der Waals surface area contributed by atoms with Gasteiger partial charge in [-0.25, -0.2) is 13.2 Å². The molecular weight excluding hydrogens is 472 g/mol. The summed E-state index contributed by atoms with van der Waals surface area (Å²) in [6.07, 6.45) is 3.11. The number of hydrogen-bond acceptors (Lipinski definition) is 4. The molecule has 1 heterocycles. The number of carbonyl (C=O) groups is 1. The molecule has 0 radical (unpaired) electrons. The number of nitrogens with zero attached hydrogens (tertiary/aromatic N) is 1. The summed E-state index contributed by atoms with van der Waals surface area (Å²) in [6, 6.07) is 18.6. The lowest BCUT2D eigenvalue weighted by Gasteiger charge is -2.30. The van der Waals surface area contributed by atoms with Gasteiger partial charge in [-0.2, -0.15) is 0 Å². The third-order valence-electron chi connectivity index (χ3n) is 5.60. The third-order valence-corrected chi connectivity index (χ3v) is 7.32. The van der Waals surface area contributed by atoms with Crippen molar-refractivity contribution in [3.8, 4) is 0 Å². The fourth-order valence-electron chi connectivity index (χ4n) is 3.96. The van der Waals surface area contributed by atoms with Gasteiger partial charge in [0.25, 0.3) is 10.0 Å². The molecule has 4 rings (SSSR count). The number of sulfonamides is 1. The zero-order valence-corrected chi connectivity index (χ0v) is 20.4. The van der Waals surface area contributed by atoms with Crippen LogP contribution in [0.15, 0.2) is 71.6 Å². The van der Waals surface area contributed by atoms with Crippen molar-refractivity contribution in [2.75, 3.05) is 33.3 Å². The SMILES string of the molecule is Cc1cccc(NC(=O)Nc2ccc(N3CCCCC3)c(S(=O)(=O)Nc3ccccc3Cl)c2)c1. The first-order valence-electron chi connectivity index (χ1n) is 11.1. The van der Waals surface area contributed by atoms with Crippen LogP contribution in [-0.2, 0) is 10.0 Å². The van der Waals surface area contributed by atoms with Crippen molar-refractivity contribution < 1.29 is 13.2 Å². The summed E-state index contributed by atoms with van der Waals surface area (Å²) < 4.78 is 29.5. The highest BCUT2D eigenvalue weighted by Crippen LogP contribution is 2.33. The molecule has 178 valence electrons. The Morgan fingerprint density at radius 1 is 0.882 bits per heavy atom. The lowest BCUT2D eigenvalue weighted by Crippen LogP contribution is -2.31. The Labute approximate surface area is 205 Å². The summed E-state index contributed by atoms with van der Waals surface area (Å²) in [7, 11) is -3.99. The molecule has 3 N–H and O–H groups in total. The predicted molar refractivity (Wildman–Crippen MR) is 139 cm³/mol. The van der Waals surface area contributed by atoms with Gasteiger partial charge in [0.2, 0.25) is 0 Å². The molecule has 1 aliphatic rings. The van der Waals surface area contributed by atoms with Crippen LogP contribution in [0.4, 0.5) is 27.5 Å². The number of anilines is 4. The van der Waals surface area contributed by atoms with Crippen LogP contribution in [-0.4, -0.2) is 27.5 Å². The average molecular weight is 499 g/mol. The number of nitrogens with one attached hydrogen (secondary N) is 3. The van der Waals surface area contributed by atoms with Crippen molar-refractivity contribution in [3.05, 3.63) is 77.3 Å². The average Bonchev–Trinajstić information content (AvgIpc) is 2.81. The number of halogens is 1. The summed E-state index contributed by atoms with van der Waals surface area (Å²) in [5, 5.41) is 5.82. The molecule has 0 spiro atoms. The van der Waals surface area contributed by atoms with Crippen LogP contribution in [0.25, 0.3) is 0 Å². The Balaban J connectivity index is 1.64. The number of piperidine rings is 1. The van der Waals surface area contributed by atoms with E-state index < -0.39 is 16.1 Å². The first kappa shape index (κ1) is 23.9. The van der Waals surface area contributed by atoms with Gasteiger partial charge in [0.1, 0.15) is 4.90 Å². The molecule has 1 fully saturated rings. The molecule has 0 atom stereocenters. The molecule has 3 aromatic rings. The number of rotatable bonds is 6. The summed E-state index contributed by atoms with van der Waals surface area (Å²) in [5.74, 6) is 0. The quantitative estimate of drug-likeness (QED) is 0.384. The van der Waals surface area contributed by atoms with Crippen LogP contribution in [0.5, 0.6) is 0 Å². The molecule has 2 amide bonds. The van der Waals surface area contributed by atoms with E-state index in [1.807, 2.05) is 25.1 Å². The second-order valence-electron chi connectivity index (χ2n) is 8.26. The van der Waals surface area contributed by atoms with E-state index in [0.29, 0.717) is 27.8 Å². The number of urea groups is 1. The molecule has 7 nitrogen and oxygen atoms in total. The number of amides is 2. The van der Waals surface area contributed by atoms with E-state index in [9.17, 15) is 13.2 Å². The Kier molecular flexibility index (Phi) is 7.29. The molecule has 1 aliphatic heterocycles. The summed E-state index contributed by atoms with van der Waals surface area (Å²) >= 11 is 6.19. The minimum atomic E-state index is -3.99. The van der Waals surface area contributed by atoms with Gasteiger partial charge in [0.05, 0.1) is 16.4 Å². The maximum absolute atomic E-state index is 13.5. The topological polar surface area (TPSA) is 90.5 Å². The van der Waals surface area contributed by atoms with E-state index in [1.165, 1.54) is 6.07 Å². The summed E-state index contributed by atoms with van der Waals surface area (Å²) in [4.78, 5) is 14.7. The molecule has 0 saturated carbocycles. The summed E-state index contributed by atoms with van der Waals surface area (Å²) in [6.45, 7) is 3.48. The van der Waals surface area contributed by atoms with Crippen molar-refractivity contribution in [1.82, 2.24) is 0 Å². The maximum Gasteiger partial charge on any atom is 0.323 e. The predicted octanol–water partition coefficient (Wildman–Crippen LogP) is 6.08. The van der Waals surface area contributed by atoms with E-state index in [1.54, 1.807) is 42.5 Å². The van der Waals surface area contributed by atoms with Crippen LogP contribution in [0.1, 0.15) is 24.8 Å². The Bertz CT molecular complexity index is 1290. The number of hydrogen-bond donors (Lipinski definition) is 3. The van der Waals surface area contributed by atoms with E-state index in [4.69, 9.17) is 11.6 Å². The standard InChI is InChI=1S/C25H27ClN4O3S/c1-18-8-7-9-19(16-18)27-25(31)28-20-12-13-23(30-14-5-2-6-15-30)24(17-20)34(32,33)29-22-11-4-3-10-21(22)26/h3-4,7-13,16-17,29H,2,5-6,14-15H2,1H3,(H2,27,28,31). The first-order chi connectivity index (χ1) is 16.3. The number of aryl methyl sites for hydroxylation is 1. The van der Waals surface area contributed by atoms with Crippen molar-refractivity contribution in [2.24, 2.45) is 0 Å². The highest BCUT2D eigenvalue weighted by molar-refractivity contribution is 7.93. The normalized spacial score (nSPS) is 13.9. The van der Waals surface area contributed by atoms with Crippen molar-refractivity contribution in [3.63, 3.8) is 0 Å². The smallest absolute Gasteiger partial charge is 0.323 e. The molecule has 3 aromatic carbocycles. The van der Waals surface area contributed by atoms with E-state index >= 15 is 0 Å². The summed E-state index contributed by atoms with van der Waals surface area (Å²) in [5.41, 5.74) is 2.93. The Hall–Kier alpha value is -3.23. The van der Waals surface area contributed by atoms with Gasteiger partial charge in [-0.15, -0.1) is 0 Å².